The SMILES string of the molecule is CN=C(NCCCCn1ccccc1=O)N1CCOC(c2ccc(C)cc2C)C1.I. The molecular formula is C23H33IN4O2. The summed E-state index contributed by atoms with van der Waals surface area (Å²) in [6.07, 6.45) is 3.83. The van der Waals surface area contributed by atoms with Gasteiger partial charge in [0, 0.05) is 38.9 Å². The molecule has 1 aliphatic rings. The van der Waals surface area contributed by atoms with Gasteiger partial charge >= 0.3 is 0 Å². The minimum atomic E-state index is 0. The maximum absolute atomic E-state index is 11.7. The van der Waals surface area contributed by atoms with Crippen LogP contribution in [0.15, 0.2) is 52.4 Å². The molecule has 2 aromatic rings. The molecule has 0 bridgehead atoms. The van der Waals surface area contributed by atoms with E-state index in [4.69, 9.17) is 4.74 Å². The Balaban J connectivity index is 0.00000320. The fourth-order valence-electron chi connectivity index (χ4n) is 3.80. The van der Waals surface area contributed by atoms with E-state index in [1.54, 1.807) is 16.7 Å². The minimum absolute atomic E-state index is 0. The van der Waals surface area contributed by atoms with Crippen LogP contribution in [0.4, 0.5) is 0 Å². The number of rotatable bonds is 6. The average molecular weight is 524 g/mol. The van der Waals surface area contributed by atoms with Gasteiger partial charge in [-0.2, -0.15) is 0 Å². The van der Waals surface area contributed by atoms with Crippen LogP contribution in [-0.4, -0.2) is 48.7 Å². The molecule has 0 spiro atoms. The molecule has 1 aromatic carbocycles. The Labute approximate surface area is 196 Å². The van der Waals surface area contributed by atoms with Gasteiger partial charge in [-0.15, -0.1) is 24.0 Å². The maximum atomic E-state index is 11.7. The molecule has 1 unspecified atom stereocenters. The van der Waals surface area contributed by atoms with Crippen molar-refractivity contribution >= 4 is 29.9 Å². The predicted molar refractivity (Wildman–Crippen MR) is 133 cm³/mol. The fourth-order valence-corrected chi connectivity index (χ4v) is 3.80. The van der Waals surface area contributed by atoms with Gasteiger partial charge in [0.15, 0.2) is 5.96 Å². The van der Waals surface area contributed by atoms with Crippen molar-refractivity contribution in [3.05, 3.63) is 69.6 Å². The number of nitrogens with zero attached hydrogens (tertiary/aromatic N) is 3. The molecule has 0 radical (unpaired) electrons. The molecule has 1 N–H and O–H groups in total. The van der Waals surface area contributed by atoms with Gasteiger partial charge in [0.05, 0.1) is 13.2 Å². The van der Waals surface area contributed by atoms with Gasteiger partial charge in [-0.1, -0.05) is 29.8 Å². The van der Waals surface area contributed by atoms with Crippen molar-refractivity contribution in [2.24, 2.45) is 4.99 Å². The number of aryl methyl sites for hydroxylation is 3. The number of hydrogen-bond acceptors (Lipinski definition) is 3. The standard InChI is InChI=1S/C23H32N4O2.HI/c1-18-9-10-20(19(2)16-18)21-17-27(14-15-29-21)23(24-3)25-11-5-7-13-26-12-6-4-8-22(26)28;/h4,6,8-10,12,16,21H,5,7,11,13-15,17H2,1-3H3,(H,24,25);1H. The van der Waals surface area contributed by atoms with E-state index >= 15 is 0 Å². The Bertz CT molecular complexity index is 897. The second-order valence-corrected chi connectivity index (χ2v) is 7.58. The summed E-state index contributed by atoms with van der Waals surface area (Å²) >= 11 is 0. The van der Waals surface area contributed by atoms with Crippen molar-refractivity contribution in [2.45, 2.75) is 39.3 Å². The summed E-state index contributed by atoms with van der Waals surface area (Å²) in [6, 6.07) is 11.8. The first kappa shape index (κ1) is 24.4. The van der Waals surface area contributed by atoms with Gasteiger partial charge in [0.2, 0.25) is 5.56 Å². The van der Waals surface area contributed by atoms with Crippen LogP contribution in [0.5, 0.6) is 0 Å². The number of benzene rings is 1. The van der Waals surface area contributed by atoms with E-state index in [0.29, 0.717) is 6.61 Å². The molecule has 0 aliphatic carbocycles. The van der Waals surface area contributed by atoms with Crippen LogP contribution in [-0.2, 0) is 11.3 Å². The van der Waals surface area contributed by atoms with Gasteiger partial charge in [-0.3, -0.25) is 9.79 Å². The molecule has 0 amide bonds. The highest BCUT2D eigenvalue weighted by molar-refractivity contribution is 14.0. The smallest absolute Gasteiger partial charge is 0.250 e. The first-order chi connectivity index (χ1) is 14.1. The number of hydrogen-bond donors (Lipinski definition) is 1. The Morgan fingerprint density at radius 3 is 2.80 bits per heavy atom. The molecular weight excluding hydrogens is 491 g/mol. The van der Waals surface area contributed by atoms with Crippen LogP contribution in [0.2, 0.25) is 0 Å². The van der Waals surface area contributed by atoms with E-state index in [2.05, 4.69) is 47.3 Å². The van der Waals surface area contributed by atoms with Crippen molar-refractivity contribution in [1.29, 1.82) is 0 Å². The number of nitrogens with one attached hydrogen (secondary N) is 1. The van der Waals surface area contributed by atoms with Crippen molar-refractivity contribution in [1.82, 2.24) is 14.8 Å². The van der Waals surface area contributed by atoms with E-state index in [0.717, 1.165) is 45.0 Å². The Kier molecular flexibility index (Phi) is 9.84. The number of ether oxygens (including phenoxy) is 1. The number of morpholine rings is 1. The summed E-state index contributed by atoms with van der Waals surface area (Å²) in [5, 5.41) is 3.47. The molecule has 6 nitrogen and oxygen atoms in total. The average Bonchev–Trinajstić information content (AvgIpc) is 2.72. The lowest BCUT2D eigenvalue weighted by Crippen LogP contribution is -2.48. The molecule has 1 aromatic heterocycles. The van der Waals surface area contributed by atoms with Crippen LogP contribution in [0.1, 0.15) is 35.6 Å². The monoisotopic (exact) mass is 524 g/mol. The van der Waals surface area contributed by atoms with E-state index in [1.807, 2.05) is 19.3 Å². The van der Waals surface area contributed by atoms with Crippen molar-refractivity contribution in [3.8, 4) is 0 Å². The van der Waals surface area contributed by atoms with E-state index in [9.17, 15) is 4.79 Å². The van der Waals surface area contributed by atoms with Crippen LogP contribution in [0.25, 0.3) is 0 Å². The summed E-state index contributed by atoms with van der Waals surface area (Å²) in [6.45, 7) is 8.16. The molecule has 1 fully saturated rings. The molecule has 2 heterocycles. The maximum Gasteiger partial charge on any atom is 0.250 e. The second kappa shape index (κ2) is 12.1. The van der Waals surface area contributed by atoms with Gasteiger partial charge in [-0.05, 0) is 43.9 Å². The Morgan fingerprint density at radius 2 is 2.07 bits per heavy atom. The van der Waals surface area contributed by atoms with Crippen LogP contribution in [0.3, 0.4) is 0 Å². The van der Waals surface area contributed by atoms with Gasteiger partial charge in [-0.25, -0.2) is 0 Å². The molecule has 1 saturated heterocycles. The van der Waals surface area contributed by atoms with Crippen molar-refractivity contribution in [2.75, 3.05) is 33.3 Å². The third kappa shape index (κ3) is 6.57. The molecule has 1 atom stereocenters. The zero-order valence-electron chi connectivity index (χ0n) is 18.1. The molecule has 164 valence electrons. The zero-order chi connectivity index (χ0) is 20.6. The molecule has 3 rings (SSSR count). The Hall–Kier alpha value is -1.87. The number of pyridine rings is 1. The summed E-state index contributed by atoms with van der Waals surface area (Å²) in [4.78, 5) is 18.5. The predicted octanol–water partition coefficient (Wildman–Crippen LogP) is 3.51. The Morgan fingerprint density at radius 1 is 1.23 bits per heavy atom. The third-order valence-corrected chi connectivity index (χ3v) is 5.36. The van der Waals surface area contributed by atoms with Crippen LogP contribution < -0.4 is 10.9 Å². The fraction of sp³-hybridized carbons (Fsp3) is 0.478. The highest BCUT2D eigenvalue weighted by atomic mass is 127. The minimum Gasteiger partial charge on any atom is -0.370 e. The largest absolute Gasteiger partial charge is 0.370 e. The number of aliphatic imine (C=N–C) groups is 1. The summed E-state index contributed by atoms with van der Waals surface area (Å²) in [5.41, 5.74) is 3.86. The number of aromatic nitrogens is 1. The van der Waals surface area contributed by atoms with E-state index in [-0.39, 0.29) is 35.6 Å². The highest BCUT2D eigenvalue weighted by Gasteiger charge is 2.25. The van der Waals surface area contributed by atoms with Gasteiger partial charge in [0.25, 0.3) is 0 Å². The van der Waals surface area contributed by atoms with Gasteiger partial charge in [0.1, 0.15) is 6.10 Å². The number of guanidine groups is 1. The lowest BCUT2D eigenvalue weighted by Gasteiger charge is -2.36. The number of unbranched alkanes of at least 4 members (excludes halogenated alkanes) is 1. The first-order valence-corrected chi connectivity index (χ1v) is 10.4. The summed E-state index contributed by atoms with van der Waals surface area (Å²) < 4.78 is 7.81. The molecule has 30 heavy (non-hydrogen) atoms. The van der Waals surface area contributed by atoms with E-state index in [1.165, 1.54) is 16.7 Å². The van der Waals surface area contributed by atoms with E-state index < -0.39 is 0 Å². The normalized spacial score (nSPS) is 16.8. The zero-order valence-corrected chi connectivity index (χ0v) is 20.5. The molecule has 1 aliphatic heterocycles. The lowest BCUT2D eigenvalue weighted by molar-refractivity contribution is -0.00831. The lowest BCUT2D eigenvalue weighted by atomic mass is 10.00. The highest BCUT2D eigenvalue weighted by Crippen LogP contribution is 2.25. The second-order valence-electron chi connectivity index (χ2n) is 7.58. The van der Waals surface area contributed by atoms with Crippen molar-refractivity contribution < 1.29 is 4.74 Å². The van der Waals surface area contributed by atoms with Crippen LogP contribution >= 0.6 is 24.0 Å². The number of halogens is 1. The summed E-state index contributed by atoms with van der Waals surface area (Å²) in [7, 11) is 1.83. The quantitative estimate of drug-likeness (QED) is 0.272. The third-order valence-electron chi connectivity index (χ3n) is 5.36. The molecule has 0 saturated carbocycles. The van der Waals surface area contributed by atoms with Crippen LogP contribution in [0, 0.1) is 13.8 Å². The molecule has 7 heteroatoms. The van der Waals surface area contributed by atoms with Gasteiger partial charge < -0.3 is 19.5 Å². The van der Waals surface area contributed by atoms with Crippen molar-refractivity contribution in [3.63, 3.8) is 0 Å². The first-order valence-electron chi connectivity index (χ1n) is 10.4. The summed E-state index contributed by atoms with van der Waals surface area (Å²) in [5.74, 6) is 0.917. The topological polar surface area (TPSA) is 58.9 Å².